The fourth-order valence-electron chi connectivity index (χ4n) is 1.89. The molecule has 1 heterocycles. The van der Waals surface area contributed by atoms with Crippen LogP contribution in [0.1, 0.15) is 5.56 Å². The van der Waals surface area contributed by atoms with Crippen LogP contribution in [0.4, 0.5) is 4.39 Å². The second-order valence-electron chi connectivity index (χ2n) is 4.58. The third-order valence-electron chi connectivity index (χ3n) is 3.15. The van der Waals surface area contributed by atoms with E-state index in [0.29, 0.717) is 15.7 Å². The molecule has 0 atom stereocenters. The van der Waals surface area contributed by atoms with E-state index in [-0.39, 0.29) is 15.4 Å². The zero-order chi connectivity index (χ0) is 16.7. The second kappa shape index (κ2) is 5.69. The molecule has 9 heteroatoms. The molecule has 0 saturated heterocycles. The molecule has 0 radical (unpaired) electrons. The van der Waals surface area contributed by atoms with Crippen LogP contribution in [0.3, 0.4) is 0 Å². The maximum atomic E-state index is 13.9. The number of hydrogen-bond acceptors (Lipinski definition) is 4. The molecule has 0 aliphatic rings. The van der Waals surface area contributed by atoms with Crippen LogP contribution < -0.4 is 11.2 Å². The van der Waals surface area contributed by atoms with Crippen molar-refractivity contribution in [2.24, 2.45) is 12.0 Å². The summed E-state index contributed by atoms with van der Waals surface area (Å²) >= 11 is 5.91. The molecule has 0 aliphatic heterocycles. The van der Waals surface area contributed by atoms with Crippen molar-refractivity contribution in [2.75, 3.05) is 7.05 Å². The van der Waals surface area contributed by atoms with Gasteiger partial charge in [0.2, 0.25) is 0 Å². The van der Waals surface area contributed by atoms with E-state index < -0.39 is 21.5 Å². The fourth-order valence-corrected chi connectivity index (χ4v) is 3.43. The summed E-state index contributed by atoms with van der Waals surface area (Å²) in [5.74, 6) is -0.925. The average molecular weight is 346 g/mol. The molecule has 0 N–H and O–H groups in total. The maximum Gasteiger partial charge on any atom is 0.343 e. The second-order valence-corrected chi connectivity index (χ2v) is 6.80. The number of nitrogens with zero attached hydrogens (tertiary/aromatic N) is 3. The smallest absolute Gasteiger partial charge is 0.278 e. The Hall–Kier alpha value is -1.93. The monoisotopic (exact) mass is 345 g/mol. The van der Waals surface area contributed by atoms with Crippen LogP contribution >= 0.6 is 11.6 Å². The van der Waals surface area contributed by atoms with Gasteiger partial charge in [-0.2, -0.15) is 3.97 Å². The van der Waals surface area contributed by atoms with Gasteiger partial charge in [0, 0.05) is 19.1 Å². The van der Waals surface area contributed by atoms with Gasteiger partial charge in [-0.1, -0.05) is 17.7 Å². The van der Waals surface area contributed by atoms with Gasteiger partial charge in [0.05, 0.1) is 11.1 Å². The normalized spacial score (nSPS) is 12.7. The van der Waals surface area contributed by atoms with Crippen LogP contribution in [0.5, 0.6) is 0 Å². The lowest BCUT2D eigenvalue weighted by atomic mass is 10.2. The summed E-state index contributed by atoms with van der Waals surface area (Å²) in [6.07, 6.45) is 0.605. The summed E-state index contributed by atoms with van der Waals surface area (Å²) in [5.41, 5.74) is -0.484. The van der Waals surface area contributed by atoms with Gasteiger partial charge in [0.25, 0.3) is 10.0 Å². The van der Waals surface area contributed by atoms with Crippen LogP contribution in [0.25, 0.3) is 0 Å². The molecule has 118 valence electrons. The lowest BCUT2D eigenvalue weighted by molar-refractivity contribution is 0.537. The minimum atomic E-state index is -4.26. The summed E-state index contributed by atoms with van der Waals surface area (Å²) in [6, 6.07) is 4.03. The minimum absolute atomic E-state index is 0.203. The van der Waals surface area contributed by atoms with E-state index in [9.17, 15) is 17.6 Å². The Balaban J connectivity index is 2.80. The summed E-state index contributed by atoms with van der Waals surface area (Å²) in [6.45, 7) is 1.71. The van der Waals surface area contributed by atoms with Gasteiger partial charge in [-0.15, -0.1) is 0 Å². The molecule has 6 nitrogen and oxygen atoms in total. The van der Waals surface area contributed by atoms with Crippen molar-refractivity contribution in [2.45, 2.75) is 11.8 Å². The first-order valence-electron chi connectivity index (χ1n) is 6.13. The zero-order valence-corrected chi connectivity index (χ0v) is 13.6. The lowest BCUT2D eigenvalue weighted by Gasteiger charge is -2.11. The lowest BCUT2D eigenvalue weighted by Crippen LogP contribution is -2.42. The molecule has 22 heavy (non-hydrogen) atoms. The number of aryl methyl sites for hydroxylation is 1. The molecule has 2 aromatic rings. The maximum absolute atomic E-state index is 13.9. The Kier molecular flexibility index (Phi) is 4.25. The number of hydrogen-bond donors (Lipinski definition) is 0. The van der Waals surface area contributed by atoms with E-state index in [1.165, 1.54) is 32.3 Å². The van der Waals surface area contributed by atoms with E-state index in [2.05, 4.69) is 4.99 Å². The highest BCUT2D eigenvalue weighted by molar-refractivity contribution is 7.90. The van der Waals surface area contributed by atoms with Gasteiger partial charge in [-0.25, -0.2) is 17.6 Å². The molecule has 0 amide bonds. The van der Waals surface area contributed by atoms with Crippen molar-refractivity contribution in [3.63, 3.8) is 0 Å². The van der Waals surface area contributed by atoms with E-state index in [4.69, 9.17) is 11.6 Å². The highest BCUT2D eigenvalue weighted by atomic mass is 35.5. The highest BCUT2D eigenvalue weighted by Crippen LogP contribution is 2.21. The van der Waals surface area contributed by atoms with Crippen molar-refractivity contribution in [3.8, 4) is 0 Å². The average Bonchev–Trinajstić information content (AvgIpc) is 2.46. The van der Waals surface area contributed by atoms with E-state index in [1.807, 2.05) is 0 Å². The highest BCUT2D eigenvalue weighted by Gasteiger charge is 2.22. The standard InChI is InChI=1S/C13H13ClFN3O3S/c1-8-4-5-9(6-10(8)14)22(20,21)18-7-11(15)12(16-2)17(3)13(18)19/h4-7H,1-3H3/b16-12+. The Bertz CT molecular complexity index is 977. The molecular formula is C13H13ClFN3O3S. The van der Waals surface area contributed by atoms with Gasteiger partial charge < -0.3 is 0 Å². The van der Waals surface area contributed by atoms with E-state index in [0.717, 1.165) is 4.57 Å². The molecule has 0 saturated carbocycles. The molecule has 0 bridgehead atoms. The van der Waals surface area contributed by atoms with Crippen molar-refractivity contribution in [1.82, 2.24) is 8.54 Å². The molecule has 0 aliphatic carbocycles. The number of halogens is 2. The SMILES string of the molecule is C/N=c1\c(F)cn(S(=O)(=O)c2ccc(C)c(Cl)c2)c(=O)n1C. The van der Waals surface area contributed by atoms with Crippen molar-refractivity contribution < 1.29 is 12.8 Å². The quantitative estimate of drug-likeness (QED) is 0.816. The van der Waals surface area contributed by atoms with Crippen molar-refractivity contribution in [1.29, 1.82) is 0 Å². The third kappa shape index (κ3) is 2.59. The number of aromatic nitrogens is 2. The summed E-state index contributed by atoms with van der Waals surface area (Å²) in [5, 5.41) is 0.235. The largest absolute Gasteiger partial charge is 0.343 e. The fraction of sp³-hybridized carbons (Fsp3) is 0.231. The predicted molar refractivity (Wildman–Crippen MR) is 79.9 cm³/mol. The Morgan fingerprint density at radius 1 is 1.32 bits per heavy atom. The van der Waals surface area contributed by atoms with Crippen LogP contribution in [-0.4, -0.2) is 24.0 Å². The summed E-state index contributed by atoms with van der Waals surface area (Å²) in [4.78, 5) is 15.6. The van der Waals surface area contributed by atoms with Crippen LogP contribution in [0.2, 0.25) is 5.02 Å². The van der Waals surface area contributed by atoms with E-state index >= 15 is 0 Å². The molecule has 1 aromatic carbocycles. The van der Waals surface area contributed by atoms with Crippen molar-refractivity contribution in [3.05, 3.63) is 56.8 Å². The number of benzene rings is 1. The Morgan fingerprint density at radius 2 is 1.95 bits per heavy atom. The van der Waals surface area contributed by atoms with Crippen molar-refractivity contribution >= 4 is 21.6 Å². The molecule has 0 spiro atoms. The summed E-state index contributed by atoms with van der Waals surface area (Å²) in [7, 11) is -1.72. The Morgan fingerprint density at radius 3 is 2.50 bits per heavy atom. The zero-order valence-electron chi connectivity index (χ0n) is 12.0. The topological polar surface area (TPSA) is 73.4 Å². The van der Waals surface area contributed by atoms with Crippen LogP contribution in [-0.2, 0) is 17.1 Å². The first-order chi connectivity index (χ1) is 10.2. The van der Waals surface area contributed by atoms with Gasteiger partial charge in [-0.3, -0.25) is 9.56 Å². The van der Waals surface area contributed by atoms with E-state index in [1.54, 1.807) is 6.92 Å². The van der Waals surface area contributed by atoms with Gasteiger partial charge >= 0.3 is 5.69 Å². The van der Waals surface area contributed by atoms with Gasteiger partial charge in [0.15, 0.2) is 11.3 Å². The van der Waals surface area contributed by atoms with Gasteiger partial charge in [0.1, 0.15) is 0 Å². The number of rotatable bonds is 2. The van der Waals surface area contributed by atoms with Crippen LogP contribution in [0.15, 0.2) is 39.1 Å². The molecule has 0 fully saturated rings. The molecule has 1 aromatic heterocycles. The molecular weight excluding hydrogens is 333 g/mol. The first kappa shape index (κ1) is 16.4. The Labute approximate surface area is 131 Å². The summed E-state index contributed by atoms with van der Waals surface area (Å²) < 4.78 is 40.1. The predicted octanol–water partition coefficient (Wildman–Crippen LogP) is 1.06. The molecule has 2 rings (SSSR count). The third-order valence-corrected chi connectivity index (χ3v) is 5.19. The molecule has 0 unspecified atom stereocenters. The first-order valence-corrected chi connectivity index (χ1v) is 7.94. The van der Waals surface area contributed by atoms with Gasteiger partial charge in [-0.05, 0) is 24.6 Å². The minimum Gasteiger partial charge on any atom is -0.278 e. The van der Waals surface area contributed by atoms with Crippen LogP contribution in [0, 0.1) is 12.7 Å².